The molecule has 2 N–H and O–H groups in total. The predicted octanol–water partition coefficient (Wildman–Crippen LogP) is 3.43. The molecule has 0 saturated carbocycles. The maximum Gasteiger partial charge on any atom is 0.124 e. The first kappa shape index (κ1) is 21.9. The second kappa shape index (κ2) is 13.1. The molecule has 0 fully saturated rings. The number of rotatable bonds is 10. The Balaban J connectivity index is 0.00000338. The van der Waals surface area contributed by atoms with E-state index in [1.165, 1.54) is 0 Å². The molecule has 0 heterocycles. The molecule has 0 aromatic heterocycles. The number of benzene rings is 2. The molecule has 26 heavy (non-hydrogen) atoms. The van der Waals surface area contributed by atoms with Crippen molar-refractivity contribution in [3.8, 4) is 11.5 Å². The topological polar surface area (TPSA) is 74.4 Å². The summed E-state index contributed by atoms with van der Waals surface area (Å²) in [5.74, 6) is 0.485. The van der Waals surface area contributed by atoms with Gasteiger partial charge >= 0.3 is 0 Å². The van der Waals surface area contributed by atoms with Crippen molar-refractivity contribution in [3.05, 3.63) is 59.7 Å². The molecule has 2 aromatic rings. The van der Waals surface area contributed by atoms with E-state index in [0.29, 0.717) is 26.3 Å². The molecule has 0 aliphatic carbocycles. The third-order valence-corrected chi connectivity index (χ3v) is 3.49. The maximum atomic E-state index is 9.60. The van der Waals surface area contributed by atoms with Crippen LogP contribution in [0.3, 0.4) is 0 Å². The molecule has 0 unspecified atom stereocenters. The molecular weight excluding hydrogens is 375 g/mol. The third-order valence-electron chi connectivity index (χ3n) is 3.49. The van der Waals surface area contributed by atoms with Crippen LogP contribution in [0.4, 0.5) is 0 Å². The summed E-state index contributed by atoms with van der Waals surface area (Å²) in [7, 11) is 0. The molecule has 1 radical (unpaired) electrons. The Hall–Kier alpha value is -2.15. The molecule has 0 amide bonds. The van der Waals surface area contributed by atoms with Crippen molar-refractivity contribution in [1.82, 2.24) is 0 Å². The monoisotopic (exact) mass is 399 g/mol. The van der Waals surface area contributed by atoms with Gasteiger partial charge in [-0.3, -0.25) is 9.98 Å². The molecule has 0 aliphatic rings. The quantitative estimate of drug-likeness (QED) is 0.475. The molecule has 0 atom stereocenters. The molecule has 0 aliphatic heterocycles. The summed E-state index contributed by atoms with van der Waals surface area (Å²) in [4.78, 5) is 8.56. The number of hydrogen-bond donors (Lipinski definition) is 2. The Morgan fingerprint density at radius 1 is 0.731 bits per heavy atom. The van der Waals surface area contributed by atoms with E-state index in [9.17, 15) is 10.2 Å². The van der Waals surface area contributed by atoms with Gasteiger partial charge < -0.3 is 14.9 Å². The first-order valence-corrected chi connectivity index (χ1v) is 8.41. The number of ether oxygens (including phenoxy) is 1. The fraction of sp³-hybridized carbons (Fsp3) is 0.300. The summed E-state index contributed by atoms with van der Waals surface area (Å²) in [6.45, 7) is 2.64. The number of nitrogens with zero attached hydrogens (tertiary/aromatic N) is 2. The number of hydrogen-bond acceptors (Lipinski definition) is 5. The number of para-hydroxylation sites is 2. The number of aliphatic imine (C=N–C) groups is 2. The molecule has 0 spiro atoms. The Kier molecular flexibility index (Phi) is 11.0. The summed E-state index contributed by atoms with van der Waals surface area (Å²) in [5, 5.41) is 19.2. The van der Waals surface area contributed by atoms with E-state index in [1.807, 2.05) is 24.3 Å². The van der Waals surface area contributed by atoms with Gasteiger partial charge in [0.15, 0.2) is 0 Å². The zero-order valence-electron chi connectivity index (χ0n) is 14.5. The van der Waals surface area contributed by atoms with E-state index in [0.717, 1.165) is 24.0 Å². The first-order chi connectivity index (χ1) is 12.3. The van der Waals surface area contributed by atoms with Crippen molar-refractivity contribution >= 4 is 12.4 Å². The average molecular weight is 399 g/mol. The summed E-state index contributed by atoms with van der Waals surface area (Å²) in [6.07, 6.45) is 5.04. The van der Waals surface area contributed by atoms with Crippen LogP contribution < -0.4 is 0 Å². The minimum absolute atomic E-state index is 0. The number of aromatic hydroxyl groups is 2. The number of phenolic OH excluding ortho intramolecular Hbond substituents is 2. The van der Waals surface area contributed by atoms with Crippen LogP contribution in [-0.4, -0.2) is 48.9 Å². The maximum absolute atomic E-state index is 9.60. The summed E-state index contributed by atoms with van der Waals surface area (Å²) < 4.78 is 5.54. The normalized spacial score (nSPS) is 11.1. The van der Waals surface area contributed by atoms with E-state index >= 15 is 0 Å². The van der Waals surface area contributed by atoms with Crippen LogP contribution >= 0.6 is 0 Å². The van der Waals surface area contributed by atoms with Crippen molar-refractivity contribution in [3.63, 3.8) is 0 Å². The van der Waals surface area contributed by atoms with E-state index in [1.54, 1.807) is 36.7 Å². The van der Waals surface area contributed by atoms with Crippen LogP contribution in [0.2, 0.25) is 0 Å². The van der Waals surface area contributed by atoms with Crippen LogP contribution in [0.25, 0.3) is 0 Å². The second-order valence-corrected chi connectivity index (χ2v) is 5.51. The van der Waals surface area contributed by atoms with Crippen LogP contribution in [0.15, 0.2) is 58.5 Å². The average Bonchev–Trinajstić information content (AvgIpc) is 2.62. The third kappa shape index (κ3) is 8.29. The van der Waals surface area contributed by atoms with Crippen molar-refractivity contribution in [2.45, 2.75) is 12.8 Å². The molecule has 6 heteroatoms. The van der Waals surface area contributed by atoms with E-state index in [4.69, 9.17) is 4.74 Å². The summed E-state index contributed by atoms with van der Waals surface area (Å²) in [5.41, 5.74) is 1.46. The molecule has 5 nitrogen and oxygen atoms in total. The SMILES string of the molecule is Oc1ccccc1C=NCCCOCCCN=Cc1ccccc1O.[Co]. The van der Waals surface area contributed by atoms with Gasteiger partial charge in [-0.1, -0.05) is 24.3 Å². The van der Waals surface area contributed by atoms with Gasteiger partial charge in [0.05, 0.1) is 0 Å². The van der Waals surface area contributed by atoms with Crippen LogP contribution in [-0.2, 0) is 21.5 Å². The standard InChI is InChI=1S/C20H24N2O3.Co/c23-19-9-3-1-7-17(19)15-21-11-5-13-25-14-6-12-22-16-18-8-2-4-10-20(18)24;/h1-4,7-10,15-16,23-24H,5-6,11-14H2;. The minimum atomic E-state index is 0. The molecule has 0 bridgehead atoms. The fourth-order valence-corrected chi connectivity index (χ4v) is 2.14. The van der Waals surface area contributed by atoms with E-state index < -0.39 is 0 Å². The largest absolute Gasteiger partial charge is 0.507 e. The summed E-state index contributed by atoms with van der Waals surface area (Å²) in [6, 6.07) is 14.2. The van der Waals surface area contributed by atoms with Gasteiger partial charge in [-0.05, 0) is 37.1 Å². The number of phenols is 2. The van der Waals surface area contributed by atoms with Gasteiger partial charge in [0.2, 0.25) is 0 Å². The van der Waals surface area contributed by atoms with Crippen molar-refractivity contribution in [2.24, 2.45) is 9.98 Å². The second-order valence-electron chi connectivity index (χ2n) is 5.51. The van der Waals surface area contributed by atoms with Crippen molar-refractivity contribution in [1.29, 1.82) is 0 Å². The van der Waals surface area contributed by atoms with E-state index in [2.05, 4.69) is 9.98 Å². The van der Waals surface area contributed by atoms with Gasteiger partial charge in [-0.25, -0.2) is 0 Å². The van der Waals surface area contributed by atoms with Gasteiger partial charge in [0.1, 0.15) is 11.5 Å². The fourth-order valence-electron chi connectivity index (χ4n) is 2.14. The Labute approximate surface area is 164 Å². The Morgan fingerprint density at radius 2 is 1.15 bits per heavy atom. The zero-order chi connectivity index (χ0) is 17.7. The van der Waals surface area contributed by atoms with E-state index in [-0.39, 0.29) is 28.3 Å². The molecule has 2 aromatic carbocycles. The molecule has 141 valence electrons. The Bertz CT molecular complexity index is 645. The van der Waals surface area contributed by atoms with Crippen molar-refractivity contribution < 1.29 is 31.7 Å². The van der Waals surface area contributed by atoms with Gasteiger partial charge in [0, 0.05) is 66.6 Å². The van der Waals surface area contributed by atoms with Gasteiger partial charge in [-0.15, -0.1) is 0 Å². The Morgan fingerprint density at radius 3 is 1.58 bits per heavy atom. The summed E-state index contributed by atoms with van der Waals surface area (Å²) >= 11 is 0. The minimum Gasteiger partial charge on any atom is -0.507 e. The predicted molar refractivity (Wildman–Crippen MR) is 101 cm³/mol. The molecular formula is C20H24CoN2O3. The van der Waals surface area contributed by atoms with Gasteiger partial charge in [-0.2, -0.15) is 0 Å². The zero-order valence-corrected chi connectivity index (χ0v) is 15.6. The molecule has 0 saturated heterocycles. The van der Waals surface area contributed by atoms with Gasteiger partial charge in [0.25, 0.3) is 0 Å². The van der Waals surface area contributed by atoms with Crippen LogP contribution in [0, 0.1) is 0 Å². The van der Waals surface area contributed by atoms with Crippen molar-refractivity contribution in [2.75, 3.05) is 26.3 Å². The van der Waals surface area contributed by atoms with Crippen LogP contribution in [0.1, 0.15) is 24.0 Å². The van der Waals surface area contributed by atoms with Crippen LogP contribution in [0.5, 0.6) is 11.5 Å². The first-order valence-electron chi connectivity index (χ1n) is 8.41. The molecule has 2 rings (SSSR count). The smallest absolute Gasteiger partial charge is 0.124 e.